The van der Waals surface area contributed by atoms with Gasteiger partial charge in [0.2, 0.25) is 0 Å². The molecule has 0 aliphatic heterocycles. The van der Waals surface area contributed by atoms with Gasteiger partial charge in [0.15, 0.2) is 16.7 Å². The van der Waals surface area contributed by atoms with E-state index in [9.17, 15) is 0 Å². The first-order chi connectivity index (χ1) is 73.5. The van der Waals surface area contributed by atoms with E-state index in [1.807, 2.05) is 0 Å². The van der Waals surface area contributed by atoms with Crippen molar-refractivity contribution in [3.63, 3.8) is 0 Å². The van der Waals surface area contributed by atoms with Crippen LogP contribution in [0.1, 0.15) is 0 Å². The molecular weight excluding hydrogens is 1800 g/mol. The van der Waals surface area contributed by atoms with Crippen LogP contribution in [-0.2, 0) is 0 Å². The van der Waals surface area contributed by atoms with Crippen LogP contribution >= 0.6 is 0 Å². The van der Waals surface area contributed by atoms with Crippen molar-refractivity contribution >= 4 is 218 Å². The van der Waals surface area contributed by atoms with Gasteiger partial charge in [0.1, 0.15) is 16.7 Å². The number of benzene rings is 23. The molecule has 33 rings (SSSR count). The SMILES string of the molecule is c1cc(-c2ccc3oc4c(-c5cccc(-n6c7ccccc7c7ccccc76)c5)cccc4c3c2)cc(-n2c3ccccc3c3ccccc32)c1.c1cc(-c2ccc3oc4c(-n5c6ccccc6c6ccccc65)cccc4c3c2)cc(-n2c3ccccc3c3ccccc32)c1.c1cc(-n2c3ccccc3c3ccccc32)c2oc3c(-n4c5ccccc5c5ccccc54)cc(-n4c5ccccc5c5ccccc54)cc3c2c1. The predicted octanol–water partition coefficient (Wildman–Crippen LogP) is 37.4. The fourth-order valence-electron chi connectivity index (χ4n) is 24.5. The molecule has 10 heteroatoms. The van der Waals surface area contributed by atoms with Gasteiger partial charge in [-0.3, -0.25) is 0 Å². The average Bonchev–Trinajstić information content (AvgIpc) is 1.55. The van der Waals surface area contributed by atoms with Crippen LogP contribution in [0.4, 0.5) is 0 Å². The Bertz CT molecular complexity index is 11000. The molecule has 0 aliphatic rings. The lowest BCUT2D eigenvalue weighted by molar-refractivity contribution is 0.663. The summed E-state index contributed by atoms with van der Waals surface area (Å²) in [6, 6.07) is 185. The molecule has 10 heterocycles. The second kappa shape index (κ2) is 32.8. The molecule has 33 aromatic rings. The molecule has 0 unspecified atom stereocenters. The number of nitrogens with zero attached hydrogens (tertiary/aromatic N) is 7. The summed E-state index contributed by atoms with van der Waals surface area (Å²) in [5, 5.41) is 24.1. The van der Waals surface area contributed by atoms with E-state index in [2.05, 4.69) is 548 Å². The smallest absolute Gasteiger partial charge is 0.159 e. The Morgan fingerprint density at radius 2 is 0.338 bits per heavy atom. The van der Waals surface area contributed by atoms with Gasteiger partial charge in [0, 0.05) is 136 Å². The fourth-order valence-corrected chi connectivity index (χ4v) is 24.5. The molecule has 0 amide bonds. The molecule has 0 saturated heterocycles. The van der Waals surface area contributed by atoms with Crippen LogP contribution in [0.15, 0.2) is 529 Å². The van der Waals surface area contributed by atoms with Crippen LogP contribution in [0.2, 0.25) is 0 Å². The number of fused-ring (bicyclic) bond motifs is 30. The third-order valence-electron chi connectivity index (χ3n) is 30.8. The normalized spacial score (nSPS) is 12.1. The van der Waals surface area contributed by atoms with E-state index in [1.165, 1.54) is 142 Å². The topological polar surface area (TPSA) is 73.9 Å². The number of furan rings is 3. The Morgan fingerprint density at radius 3 is 0.662 bits per heavy atom. The second-order valence-corrected chi connectivity index (χ2v) is 38.8. The summed E-state index contributed by atoms with van der Waals surface area (Å²) in [6.07, 6.45) is 0. The molecule has 10 aromatic heterocycles. The summed E-state index contributed by atoms with van der Waals surface area (Å²) in [4.78, 5) is 0. The van der Waals surface area contributed by atoms with Gasteiger partial charge in [-0.15, -0.1) is 0 Å². The maximum Gasteiger partial charge on any atom is 0.159 e. The van der Waals surface area contributed by atoms with Crippen molar-refractivity contribution in [2.75, 3.05) is 0 Å². The first kappa shape index (κ1) is 82.8. The van der Waals surface area contributed by atoms with Crippen molar-refractivity contribution in [3.05, 3.63) is 516 Å². The number of para-hydroxylation sites is 17. The largest absolute Gasteiger partial charge is 0.455 e. The van der Waals surface area contributed by atoms with Gasteiger partial charge in [-0.2, -0.15) is 0 Å². The molecule has 0 N–H and O–H groups in total. The quantitative estimate of drug-likeness (QED) is 0.137. The van der Waals surface area contributed by atoms with E-state index < -0.39 is 0 Å². The number of hydrogen-bond acceptors (Lipinski definition) is 3. The molecule has 0 aliphatic carbocycles. The minimum Gasteiger partial charge on any atom is -0.455 e. The summed E-state index contributed by atoms with van der Waals surface area (Å²) < 4.78 is 37.2. The van der Waals surface area contributed by atoms with E-state index in [0.29, 0.717) is 0 Å². The monoisotopic (exact) mass is 1890 g/mol. The Labute approximate surface area is 846 Å². The zero-order valence-electron chi connectivity index (χ0n) is 79.9. The molecule has 148 heavy (non-hydrogen) atoms. The molecule has 0 radical (unpaired) electrons. The van der Waals surface area contributed by atoms with Crippen molar-refractivity contribution in [2.24, 2.45) is 0 Å². The summed E-state index contributed by atoms with van der Waals surface area (Å²) in [6.45, 7) is 0. The highest BCUT2D eigenvalue weighted by Crippen LogP contribution is 2.49. The van der Waals surface area contributed by atoms with Crippen LogP contribution in [-0.4, -0.2) is 32.0 Å². The number of aromatic nitrogens is 7. The summed E-state index contributed by atoms with van der Waals surface area (Å²) in [5.41, 5.74) is 36.3. The van der Waals surface area contributed by atoms with E-state index in [0.717, 1.165) is 150 Å². The molecule has 0 bridgehead atoms. The maximum atomic E-state index is 7.25. The summed E-state index contributed by atoms with van der Waals surface area (Å²) in [7, 11) is 0. The van der Waals surface area contributed by atoms with Crippen LogP contribution < -0.4 is 0 Å². The third kappa shape index (κ3) is 12.6. The number of hydrogen-bond donors (Lipinski definition) is 0. The highest BCUT2D eigenvalue weighted by atomic mass is 16.3. The molecule has 0 fully saturated rings. The minimum absolute atomic E-state index is 0.860. The van der Waals surface area contributed by atoms with Crippen LogP contribution in [0.5, 0.6) is 0 Å². The van der Waals surface area contributed by atoms with Crippen LogP contribution in [0.3, 0.4) is 0 Å². The highest BCUT2D eigenvalue weighted by Gasteiger charge is 2.28. The van der Waals surface area contributed by atoms with Crippen molar-refractivity contribution in [3.8, 4) is 73.2 Å². The Kier molecular flexibility index (Phi) is 18.3. The van der Waals surface area contributed by atoms with Gasteiger partial charge in [-0.05, 0) is 198 Å². The van der Waals surface area contributed by atoms with Crippen LogP contribution in [0, 0.1) is 0 Å². The van der Waals surface area contributed by atoms with Gasteiger partial charge < -0.3 is 45.2 Å². The molecule has 690 valence electrons. The van der Waals surface area contributed by atoms with Gasteiger partial charge in [-0.25, -0.2) is 0 Å². The lowest BCUT2D eigenvalue weighted by Gasteiger charge is -2.14. The van der Waals surface area contributed by atoms with Crippen LogP contribution in [0.25, 0.3) is 292 Å². The van der Waals surface area contributed by atoms with Crippen molar-refractivity contribution in [1.29, 1.82) is 0 Å². The first-order valence-corrected chi connectivity index (χ1v) is 50.6. The predicted molar refractivity (Wildman–Crippen MR) is 618 cm³/mol. The Morgan fingerprint density at radius 1 is 0.115 bits per heavy atom. The van der Waals surface area contributed by atoms with Gasteiger partial charge in [-0.1, -0.05) is 346 Å². The van der Waals surface area contributed by atoms with Crippen molar-refractivity contribution in [2.45, 2.75) is 0 Å². The van der Waals surface area contributed by atoms with E-state index >= 15 is 0 Å². The fraction of sp³-hybridized carbons (Fsp3) is 0. The Balaban J connectivity index is 0.000000101. The van der Waals surface area contributed by atoms with Crippen molar-refractivity contribution < 1.29 is 13.3 Å². The minimum atomic E-state index is 0.860. The maximum absolute atomic E-state index is 7.25. The lowest BCUT2D eigenvalue weighted by atomic mass is 9.99. The first-order valence-electron chi connectivity index (χ1n) is 50.6. The average molecular weight is 1890 g/mol. The molecular formula is C138H85N7O3. The van der Waals surface area contributed by atoms with E-state index in [-0.39, 0.29) is 0 Å². The summed E-state index contributed by atoms with van der Waals surface area (Å²) in [5.74, 6) is 0. The molecule has 23 aromatic carbocycles. The second-order valence-electron chi connectivity index (χ2n) is 38.8. The van der Waals surface area contributed by atoms with Gasteiger partial charge >= 0.3 is 0 Å². The lowest BCUT2D eigenvalue weighted by Crippen LogP contribution is -1.99. The van der Waals surface area contributed by atoms with Crippen molar-refractivity contribution in [1.82, 2.24) is 32.0 Å². The van der Waals surface area contributed by atoms with E-state index in [1.54, 1.807) is 0 Å². The molecule has 10 nitrogen and oxygen atoms in total. The highest BCUT2D eigenvalue weighted by molar-refractivity contribution is 6.21. The van der Waals surface area contributed by atoms with Gasteiger partial charge in [0.25, 0.3) is 0 Å². The Hall–Kier alpha value is -19.9. The standard InChI is InChI=1S/C48H29N3O.C48H30N2O.C42H26N2O/c1-7-21-39-31(14-1)32-15-2-8-22-40(32)49(39)30-28-38-37-20-13-27-45(50-41-23-9-3-16-33(41)34-17-4-10-24-42(34)50)47(37)52-48(38)46(29-30)51-43-25-11-5-18-35(43)36-19-6-12-26-44(36)51;1-5-22-43-37(16-1)38-17-2-6-23-44(38)49(43)34-14-9-12-31(28-34)32-26-27-47-42(30-32)41-21-11-20-36(48(41)51-47)33-13-10-15-35(29-33)50-45-24-7-3-18-39(45)40-19-4-8-25-46(40)50;1-5-18-36-30(13-1)31-14-2-6-19-37(31)43(36)29-12-9-11-27(25-29)28-23-24-41-35(26-28)34-17-10-22-40(42(34)45-41)44-38-20-7-3-15-32(38)33-16-4-8-21-39(33)44/h1-29H;1-30H;1-26H. The third-order valence-corrected chi connectivity index (χ3v) is 30.8. The molecule has 0 saturated carbocycles. The zero-order valence-corrected chi connectivity index (χ0v) is 79.9. The van der Waals surface area contributed by atoms with Gasteiger partial charge in [0.05, 0.1) is 94.3 Å². The summed E-state index contributed by atoms with van der Waals surface area (Å²) >= 11 is 0. The zero-order chi connectivity index (χ0) is 96.9. The van der Waals surface area contributed by atoms with E-state index in [4.69, 9.17) is 13.3 Å². The molecule has 0 spiro atoms. The molecule has 0 atom stereocenters. The number of rotatable bonds is 10.